The molecule has 0 radical (unpaired) electrons. The van der Waals surface area contributed by atoms with E-state index in [2.05, 4.69) is 5.32 Å². The Morgan fingerprint density at radius 1 is 1.53 bits per heavy atom. The molecule has 1 fully saturated rings. The van der Waals surface area contributed by atoms with Gasteiger partial charge in [-0.2, -0.15) is 0 Å². The number of ether oxygens (including phenoxy) is 2. The number of rotatable bonds is 2. The van der Waals surface area contributed by atoms with E-state index in [-0.39, 0.29) is 11.8 Å². The van der Waals surface area contributed by atoms with Gasteiger partial charge in [0.15, 0.2) is 0 Å². The van der Waals surface area contributed by atoms with Gasteiger partial charge in [-0.25, -0.2) is 0 Å². The molecule has 1 aromatic carbocycles. The molecule has 0 amide bonds. The van der Waals surface area contributed by atoms with E-state index in [1.54, 1.807) is 19.2 Å². The van der Waals surface area contributed by atoms with Crippen LogP contribution in [0.2, 0.25) is 0 Å². The Balaban J connectivity index is 2.24. The van der Waals surface area contributed by atoms with Crippen LogP contribution in [0.4, 0.5) is 0 Å². The highest BCUT2D eigenvalue weighted by Crippen LogP contribution is 2.29. The first-order chi connectivity index (χ1) is 7.31. The van der Waals surface area contributed by atoms with Crippen LogP contribution in [-0.4, -0.2) is 32.0 Å². The van der Waals surface area contributed by atoms with E-state index < -0.39 is 0 Å². The third-order valence-electron chi connectivity index (χ3n) is 2.53. The number of morpholine rings is 1. The van der Waals surface area contributed by atoms with Gasteiger partial charge >= 0.3 is 0 Å². The zero-order chi connectivity index (χ0) is 10.7. The summed E-state index contributed by atoms with van der Waals surface area (Å²) >= 11 is 0. The van der Waals surface area contributed by atoms with Crippen LogP contribution in [0.3, 0.4) is 0 Å². The van der Waals surface area contributed by atoms with Gasteiger partial charge in [-0.1, -0.05) is 0 Å². The quantitative estimate of drug-likeness (QED) is 0.764. The number of methoxy groups -OCH3 is 1. The summed E-state index contributed by atoms with van der Waals surface area (Å²) in [4.78, 5) is 0. The summed E-state index contributed by atoms with van der Waals surface area (Å²) in [6.07, 6.45) is 0. The van der Waals surface area contributed by atoms with Gasteiger partial charge in [-0.3, -0.25) is 0 Å². The largest absolute Gasteiger partial charge is 0.508 e. The molecule has 1 atom stereocenters. The van der Waals surface area contributed by atoms with Crippen LogP contribution in [0.25, 0.3) is 0 Å². The van der Waals surface area contributed by atoms with Gasteiger partial charge in [-0.05, 0) is 18.2 Å². The highest BCUT2D eigenvalue weighted by molar-refractivity contribution is 5.41. The number of hydrogen-bond acceptors (Lipinski definition) is 4. The average molecular weight is 209 g/mol. The Bertz CT molecular complexity index is 335. The van der Waals surface area contributed by atoms with Crippen molar-refractivity contribution >= 4 is 0 Å². The topological polar surface area (TPSA) is 50.7 Å². The van der Waals surface area contributed by atoms with E-state index in [9.17, 15) is 5.11 Å². The van der Waals surface area contributed by atoms with Crippen LogP contribution in [0.15, 0.2) is 18.2 Å². The number of phenolic OH excluding ortho intramolecular Hbond substituents is 1. The first-order valence-electron chi connectivity index (χ1n) is 4.99. The van der Waals surface area contributed by atoms with Crippen molar-refractivity contribution in [2.45, 2.75) is 6.04 Å². The van der Waals surface area contributed by atoms with Gasteiger partial charge in [-0.15, -0.1) is 0 Å². The molecule has 1 aliphatic heterocycles. The summed E-state index contributed by atoms with van der Waals surface area (Å²) in [5, 5.41) is 13.0. The van der Waals surface area contributed by atoms with Gasteiger partial charge in [0.1, 0.15) is 11.5 Å². The van der Waals surface area contributed by atoms with E-state index in [1.165, 1.54) is 0 Å². The maximum absolute atomic E-state index is 9.73. The molecule has 1 aliphatic rings. The van der Waals surface area contributed by atoms with Gasteiger partial charge in [0, 0.05) is 12.1 Å². The third-order valence-corrected chi connectivity index (χ3v) is 2.53. The summed E-state index contributed by atoms with van der Waals surface area (Å²) < 4.78 is 10.5. The molecule has 0 unspecified atom stereocenters. The maximum Gasteiger partial charge on any atom is 0.120 e. The Hall–Kier alpha value is -1.26. The Labute approximate surface area is 88.8 Å². The molecule has 4 heteroatoms. The second kappa shape index (κ2) is 4.51. The van der Waals surface area contributed by atoms with Crippen LogP contribution in [0, 0.1) is 0 Å². The number of aromatic hydroxyl groups is 1. The minimum Gasteiger partial charge on any atom is -0.508 e. The highest BCUT2D eigenvalue weighted by atomic mass is 16.5. The molecule has 4 nitrogen and oxygen atoms in total. The molecule has 0 spiro atoms. The van der Waals surface area contributed by atoms with Crippen molar-refractivity contribution in [1.82, 2.24) is 5.32 Å². The fraction of sp³-hybridized carbons (Fsp3) is 0.455. The molecular formula is C11H15NO3. The molecule has 1 heterocycles. The molecule has 0 aromatic heterocycles. The summed E-state index contributed by atoms with van der Waals surface area (Å²) in [7, 11) is 1.61. The van der Waals surface area contributed by atoms with E-state index >= 15 is 0 Å². The molecule has 2 rings (SSSR count). The molecule has 0 aliphatic carbocycles. The minimum absolute atomic E-state index is 0.0499. The van der Waals surface area contributed by atoms with Crippen molar-refractivity contribution in [2.75, 3.05) is 26.9 Å². The molecule has 1 saturated heterocycles. The lowest BCUT2D eigenvalue weighted by Gasteiger charge is -2.25. The normalized spacial score (nSPS) is 21.3. The lowest BCUT2D eigenvalue weighted by Crippen LogP contribution is -2.34. The molecule has 1 aromatic rings. The predicted molar refractivity (Wildman–Crippen MR) is 56.2 cm³/mol. The van der Waals surface area contributed by atoms with E-state index in [0.29, 0.717) is 6.61 Å². The molecule has 82 valence electrons. The number of benzene rings is 1. The van der Waals surface area contributed by atoms with Crippen LogP contribution < -0.4 is 10.1 Å². The van der Waals surface area contributed by atoms with Crippen LogP contribution >= 0.6 is 0 Å². The zero-order valence-corrected chi connectivity index (χ0v) is 8.69. The van der Waals surface area contributed by atoms with Gasteiger partial charge in [0.05, 0.1) is 26.4 Å². The van der Waals surface area contributed by atoms with Gasteiger partial charge < -0.3 is 19.9 Å². The monoisotopic (exact) mass is 209 g/mol. The number of phenols is 1. The zero-order valence-electron chi connectivity index (χ0n) is 8.69. The molecule has 15 heavy (non-hydrogen) atoms. The van der Waals surface area contributed by atoms with Crippen molar-refractivity contribution in [3.63, 3.8) is 0 Å². The SMILES string of the molecule is COc1ccc(O)c([C@@H]2COCCN2)c1. The van der Waals surface area contributed by atoms with Crippen molar-refractivity contribution in [3.8, 4) is 11.5 Å². The highest BCUT2D eigenvalue weighted by Gasteiger charge is 2.18. The van der Waals surface area contributed by atoms with E-state index in [0.717, 1.165) is 24.5 Å². The standard InChI is InChI=1S/C11H15NO3/c1-14-8-2-3-11(13)9(6-8)10-7-15-5-4-12-10/h2-3,6,10,12-13H,4-5,7H2,1H3/t10-/m0/s1. The first-order valence-corrected chi connectivity index (χ1v) is 4.99. The second-order valence-corrected chi connectivity index (χ2v) is 3.51. The lowest BCUT2D eigenvalue weighted by atomic mass is 10.1. The van der Waals surface area contributed by atoms with Gasteiger partial charge in [0.25, 0.3) is 0 Å². The number of hydrogen-bond donors (Lipinski definition) is 2. The molecule has 0 saturated carbocycles. The van der Waals surface area contributed by atoms with Crippen molar-refractivity contribution in [1.29, 1.82) is 0 Å². The Morgan fingerprint density at radius 2 is 2.40 bits per heavy atom. The predicted octanol–water partition coefficient (Wildman–Crippen LogP) is 1.06. The second-order valence-electron chi connectivity index (χ2n) is 3.51. The minimum atomic E-state index is 0.0499. The fourth-order valence-corrected chi connectivity index (χ4v) is 1.70. The summed E-state index contributed by atoms with van der Waals surface area (Å²) in [6.45, 7) is 2.11. The van der Waals surface area contributed by atoms with Crippen molar-refractivity contribution in [3.05, 3.63) is 23.8 Å². The molecular weight excluding hydrogens is 194 g/mol. The average Bonchev–Trinajstić information content (AvgIpc) is 2.31. The van der Waals surface area contributed by atoms with Gasteiger partial charge in [0.2, 0.25) is 0 Å². The summed E-state index contributed by atoms with van der Waals surface area (Å²) in [5.41, 5.74) is 0.828. The fourth-order valence-electron chi connectivity index (χ4n) is 1.70. The van der Waals surface area contributed by atoms with Crippen LogP contribution in [-0.2, 0) is 4.74 Å². The summed E-state index contributed by atoms with van der Waals surface area (Å²) in [5.74, 6) is 1.02. The first kappa shape index (κ1) is 10.3. The Kier molecular flexibility index (Phi) is 3.08. The van der Waals surface area contributed by atoms with E-state index in [4.69, 9.17) is 9.47 Å². The lowest BCUT2D eigenvalue weighted by molar-refractivity contribution is 0.0760. The van der Waals surface area contributed by atoms with Crippen LogP contribution in [0.1, 0.15) is 11.6 Å². The van der Waals surface area contributed by atoms with E-state index in [1.807, 2.05) is 6.07 Å². The molecule has 0 bridgehead atoms. The van der Waals surface area contributed by atoms with Crippen molar-refractivity contribution in [2.24, 2.45) is 0 Å². The smallest absolute Gasteiger partial charge is 0.120 e. The maximum atomic E-state index is 9.73. The Morgan fingerprint density at radius 3 is 3.07 bits per heavy atom. The molecule has 2 N–H and O–H groups in total. The van der Waals surface area contributed by atoms with Crippen molar-refractivity contribution < 1.29 is 14.6 Å². The van der Waals surface area contributed by atoms with Crippen LogP contribution in [0.5, 0.6) is 11.5 Å². The number of nitrogens with one attached hydrogen (secondary N) is 1. The third kappa shape index (κ3) is 2.22. The summed E-state index contributed by atoms with van der Waals surface area (Å²) in [6, 6.07) is 5.27.